The summed E-state index contributed by atoms with van der Waals surface area (Å²) in [4.78, 5) is 9.24. The van der Waals surface area contributed by atoms with E-state index in [0.717, 1.165) is 40.9 Å². The highest BCUT2D eigenvalue weighted by atomic mass is 35.5. The summed E-state index contributed by atoms with van der Waals surface area (Å²) in [6.45, 7) is 8.40. The molecule has 4 rings (SSSR count). The molecule has 0 aromatic carbocycles. The molecular weight excluding hydrogens is 282 g/mol. The molecule has 0 spiro atoms. The van der Waals surface area contributed by atoms with E-state index in [0.29, 0.717) is 11.2 Å². The Morgan fingerprint density at radius 2 is 1.71 bits per heavy atom. The second kappa shape index (κ2) is 4.34. The minimum Gasteiger partial charge on any atom is -0.366 e. The van der Waals surface area contributed by atoms with E-state index in [1.54, 1.807) is 0 Å². The van der Waals surface area contributed by atoms with Crippen molar-refractivity contribution in [3.63, 3.8) is 0 Å². The topological polar surface area (TPSA) is 37.8 Å². The van der Waals surface area contributed by atoms with Gasteiger partial charge in [0.1, 0.15) is 16.8 Å². The van der Waals surface area contributed by atoms with Gasteiger partial charge in [0.25, 0.3) is 0 Å². The highest BCUT2D eigenvalue weighted by Gasteiger charge is 2.65. The second-order valence-electron chi connectivity index (χ2n) is 8.22. The van der Waals surface area contributed by atoms with Crippen LogP contribution in [0.2, 0.25) is 5.15 Å². The zero-order valence-electron chi connectivity index (χ0n) is 13.3. The number of hydrogen-bond acceptors (Lipinski definition) is 3. The summed E-state index contributed by atoms with van der Waals surface area (Å²) in [7, 11) is 0. The Morgan fingerprint density at radius 1 is 1.10 bits per heavy atom. The van der Waals surface area contributed by atoms with Crippen LogP contribution in [0, 0.1) is 30.6 Å². The molecular formula is C17H24ClN3. The maximum atomic E-state index is 6.33. The number of fused-ring (bicyclic) bond motifs is 5. The molecule has 4 unspecified atom stereocenters. The van der Waals surface area contributed by atoms with E-state index in [2.05, 4.69) is 31.1 Å². The SMILES string of the molecule is Cc1c(Cl)nc(C(C)(C)C)nc1NC1C2C3CCC(C3)C12. The molecule has 1 aromatic rings. The zero-order chi connectivity index (χ0) is 14.9. The fraction of sp³-hybridized carbons (Fsp3) is 0.765. The van der Waals surface area contributed by atoms with Crippen LogP contribution in [-0.4, -0.2) is 16.0 Å². The minimum absolute atomic E-state index is 0.0772. The van der Waals surface area contributed by atoms with Crippen LogP contribution in [0.1, 0.15) is 51.4 Å². The molecule has 3 fully saturated rings. The number of nitrogens with one attached hydrogen (secondary N) is 1. The average molecular weight is 306 g/mol. The predicted octanol–water partition coefficient (Wildman–Crippen LogP) is 4.19. The van der Waals surface area contributed by atoms with Gasteiger partial charge in [-0.2, -0.15) is 0 Å². The molecule has 21 heavy (non-hydrogen) atoms. The van der Waals surface area contributed by atoms with Gasteiger partial charge in [-0.05, 0) is 49.9 Å². The molecule has 3 nitrogen and oxygen atoms in total. The van der Waals surface area contributed by atoms with E-state index in [-0.39, 0.29) is 5.41 Å². The number of anilines is 1. The van der Waals surface area contributed by atoms with Crippen LogP contribution in [0.4, 0.5) is 5.82 Å². The first-order chi connectivity index (χ1) is 9.86. The van der Waals surface area contributed by atoms with Gasteiger partial charge in [-0.3, -0.25) is 0 Å². The van der Waals surface area contributed by atoms with E-state index < -0.39 is 0 Å². The van der Waals surface area contributed by atoms with Gasteiger partial charge in [0.15, 0.2) is 0 Å². The van der Waals surface area contributed by atoms with Gasteiger partial charge in [0.05, 0.1) is 0 Å². The lowest BCUT2D eigenvalue weighted by Gasteiger charge is -2.20. The molecule has 0 radical (unpaired) electrons. The van der Waals surface area contributed by atoms with Crippen molar-refractivity contribution in [1.82, 2.24) is 9.97 Å². The summed E-state index contributed by atoms with van der Waals surface area (Å²) in [6.07, 6.45) is 4.37. The van der Waals surface area contributed by atoms with Crippen molar-refractivity contribution >= 4 is 17.4 Å². The third-order valence-electron chi connectivity index (χ3n) is 5.80. The summed E-state index contributed by atoms with van der Waals surface area (Å²) in [5, 5.41) is 4.29. The second-order valence-corrected chi connectivity index (χ2v) is 8.58. The Hall–Kier alpha value is -0.830. The summed E-state index contributed by atoms with van der Waals surface area (Å²) in [5.74, 6) is 5.52. The maximum absolute atomic E-state index is 6.33. The first kappa shape index (κ1) is 13.8. The molecule has 2 bridgehead atoms. The molecule has 0 aliphatic heterocycles. The fourth-order valence-electron chi connectivity index (χ4n) is 4.64. The third-order valence-corrected chi connectivity index (χ3v) is 6.16. The van der Waals surface area contributed by atoms with Crippen LogP contribution in [0.15, 0.2) is 0 Å². The minimum atomic E-state index is -0.0772. The van der Waals surface area contributed by atoms with Crippen LogP contribution in [-0.2, 0) is 5.41 Å². The Kier molecular flexibility index (Phi) is 2.86. The van der Waals surface area contributed by atoms with E-state index >= 15 is 0 Å². The quantitative estimate of drug-likeness (QED) is 0.832. The smallest absolute Gasteiger partial charge is 0.137 e. The standard InChI is InChI=1S/C17H24ClN3/c1-8-14(18)20-16(17(2,3)4)21-15(8)19-13-11-9-5-6-10(7-9)12(11)13/h9-13H,5-7H2,1-4H3,(H,19,20,21). The van der Waals surface area contributed by atoms with Gasteiger partial charge >= 0.3 is 0 Å². The van der Waals surface area contributed by atoms with Crippen LogP contribution < -0.4 is 5.32 Å². The Bertz CT molecular complexity index is 576. The number of aromatic nitrogens is 2. The molecule has 3 aliphatic rings. The van der Waals surface area contributed by atoms with Gasteiger partial charge in [0.2, 0.25) is 0 Å². The van der Waals surface area contributed by atoms with Gasteiger partial charge < -0.3 is 5.32 Å². The molecule has 1 heterocycles. The van der Waals surface area contributed by atoms with Crippen molar-refractivity contribution in [3.05, 3.63) is 16.5 Å². The van der Waals surface area contributed by atoms with E-state index in [4.69, 9.17) is 16.6 Å². The van der Waals surface area contributed by atoms with E-state index in [1.807, 2.05) is 6.92 Å². The van der Waals surface area contributed by atoms with Gasteiger partial charge in [-0.1, -0.05) is 32.4 Å². The van der Waals surface area contributed by atoms with Crippen molar-refractivity contribution in [3.8, 4) is 0 Å². The Morgan fingerprint density at radius 3 is 2.29 bits per heavy atom. The largest absolute Gasteiger partial charge is 0.366 e. The lowest BCUT2D eigenvalue weighted by atomic mass is 9.95. The molecule has 0 amide bonds. The summed E-state index contributed by atoms with van der Waals surface area (Å²) in [6, 6.07) is 0.633. The Labute approximate surface area is 131 Å². The molecule has 4 heteroatoms. The normalized spacial score (nSPS) is 36.7. The molecule has 3 aliphatic carbocycles. The lowest BCUT2D eigenvalue weighted by Crippen LogP contribution is -2.20. The molecule has 1 N–H and O–H groups in total. The van der Waals surface area contributed by atoms with Crippen molar-refractivity contribution < 1.29 is 0 Å². The predicted molar refractivity (Wildman–Crippen MR) is 85.7 cm³/mol. The Balaban J connectivity index is 1.60. The summed E-state index contributed by atoms with van der Waals surface area (Å²) >= 11 is 6.33. The zero-order valence-corrected chi connectivity index (χ0v) is 14.0. The van der Waals surface area contributed by atoms with E-state index in [9.17, 15) is 0 Å². The summed E-state index contributed by atoms with van der Waals surface area (Å²) < 4.78 is 0. The average Bonchev–Trinajstić information content (AvgIpc) is 2.80. The number of hydrogen-bond donors (Lipinski definition) is 1. The van der Waals surface area contributed by atoms with Gasteiger partial charge in [-0.25, -0.2) is 9.97 Å². The molecule has 4 atom stereocenters. The van der Waals surface area contributed by atoms with Crippen LogP contribution in [0.3, 0.4) is 0 Å². The van der Waals surface area contributed by atoms with Crippen molar-refractivity contribution in [2.45, 2.75) is 58.4 Å². The fourth-order valence-corrected chi connectivity index (χ4v) is 4.81. The van der Waals surface area contributed by atoms with Crippen molar-refractivity contribution in [2.75, 3.05) is 5.32 Å². The van der Waals surface area contributed by atoms with Crippen LogP contribution >= 0.6 is 11.6 Å². The lowest BCUT2D eigenvalue weighted by molar-refractivity contribution is 0.456. The van der Waals surface area contributed by atoms with E-state index in [1.165, 1.54) is 19.3 Å². The molecule has 0 saturated heterocycles. The summed E-state index contributed by atoms with van der Waals surface area (Å²) in [5.41, 5.74) is 0.911. The first-order valence-corrected chi connectivity index (χ1v) is 8.55. The monoisotopic (exact) mass is 305 g/mol. The highest BCUT2D eigenvalue weighted by Crippen LogP contribution is 2.66. The highest BCUT2D eigenvalue weighted by molar-refractivity contribution is 6.30. The third kappa shape index (κ3) is 2.08. The number of nitrogens with zero attached hydrogens (tertiary/aromatic N) is 2. The van der Waals surface area contributed by atoms with Crippen LogP contribution in [0.25, 0.3) is 0 Å². The molecule has 3 saturated carbocycles. The number of rotatable bonds is 2. The number of halogens is 1. The molecule has 114 valence electrons. The maximum Gasteiger partial charge on any atom is 0.137 e. The molecule has 1 aromatic heterocycles. The van der Waals surface area contributed by atoms with Gasteiger partial charge in [0, 0.05) is 17.0 Å². The van der Waals surface area contributed by atoms with Crippen molar-refractivity contribution in [2.24, 2.45) is 23.7 Å². The van der Waals surface area contributed by atoms with Gasteiger partial charge in [-0.15, -0.1) is 0 Å². The first-order valence-electron chi connectivity index (χ1n) is 8.17. The van der Waals surface area contributed by atoms with Crippen molar-refractivity contribution in [1.29, 1.82) is 0 Å². The van der Waals surface area contributed by atoms with Crippen LogP contribution in [0.5, 0.6) is 0 Å².